The van der Waals surface area contributed by atoms with Crippen molar-refractivity contribution in [3.05, 3.63) is 36.5 Å². The number of allylic oxidation sites excluding steroid dienone is 6. The van der Waals surface area contributed by atoms with E-state index in [1.807, 2.05) is 0 Å². The summed E-state index contributed by atoms with van der Waals surface area (Å²) in [6.45, 7) is 6.59. The van der Waals surface area contributed by atoms with E-state index in [2.05, 4.69) is 57.2 Å². The van der Waals surface area contributed by atoms with Crippen LogP contribution >= 0.6 is 0 Å². The molecule has 6 heteroatoms. The molecule has 0 bridgehead atoms. The van der Waals surface area contributed by atoms with E-state index in [0.29, 0.717) is 19.3 Å². The van der Waals surface area contributed by atoms with Crippen LogP contribution in [0.25, 0.3) is 0 Å². The summed E-state index contributed by atoms with van der Waals surface area (Å²) in [7, 11) is 0. The van der Waals surface area contributed by atoms with Crippen LogP contribution in [0, 0.1) is 0 Å². The van der Waals surface area contributed by atoms with Crippen LogP contribution in [0.4, 0.5) is 0 Å². The van der Waals surface area contributed by atoms with Gasteiger partial charge in [-0.3, -0.25) is 14.4 Å². The molecule has 0 aromatic carbocycles. The zero-order chi connectivity index (χ0) is 43.0. The SMILES string of the molecule is CCCCC/C=C\C/C=C\CCCCCCCCCC(=O)OC[C@H](COC(=O)CCCCCCC/C=C\CCCCCC)OC(=O)CCCCCCCCCCCCC. The summed E-state index contributed by atoms with van der Waals surface area (Å²) in [6, 6.07) is 0. The van der Waals surface area contributed by atoms with E-state index in [4.69, 9.17) is 14.2 Å². The van der Waals surface area contributed by atoms with Crippen LogP contribution in [0.2, 0.25) is 0 Å². The Balaban J connectivity index is 4.34. The van der Waals surface area contributed by atoms with Crippen molar-refractivity contribution in [1.29, 1.82) is 0 Å². The lowest BCUT2D eigenvalue weighted by Crippen LogP contribution is -2.30. The van der Waals surface area contributed by atoms with E-state index in [0.717, 1.165) is 77.0 Å². The minimum Gasteiger partial charge on any atom is -0.462 e. The molecule has 0 spiro atoms. The average molecular weight is 829 g/mol. The fraction of sp³-hybridized carbons (Fsp3) is 0.830. The van der Waals surface area contributed by atoms with Crippen molar-refractivity contribution in [1.82, 2.24) is 0 Å². The number of hydrogen-bond donors (Lipinski definition) is 0. The van der Waals surface area contributed by atoms with Gasteiger partial charge in [-0.05, 0) is 77.0 Å². The first-order chi connectivity index (χ1) is 29.0. The summed E-state index contributed by atoms with van der Waals surface area (Å²) in [5.41, 5.74) is 0. The number of carbonyl (C=O) groups excluding carboxylic acids is 3. The van der Waals surface area contributed by atoms with Gasteiger partial charge in [-0.2, -0.15) is 0 Å². The molecule has 0 aliphatic heterocycles. The van der Waals surface area contributed by atoms with Crippen LogP contribution in [0.3, 0.4) is 0 Å². The van der Waals surface area contributed by atoms with E-state index in [9.17, 15) is 14.4 Å². The van der Waals surface area contributed by atoms with Gasteiger partial charge in [-0.1, -0.05) is 205 Å². The Morgan fingerprint density at radius 2 is 0.610 bits per heavy atom. The number of rotatable bonds is 46. The predicted octanol–water partition coefficient (Wildman–Crippen LogP) is 16.5. The van der Waals surface area contributed by atoms with Crippen LogP contribution in [0.1, 0.15) is 265 Å². The largest absolute Gasteiger partial charge is 0.462 e. The second kappa shape index (κ2) is 48.3. The molecule has 344 valence electrons. The molecule has 0 fully saturated rings. The Bertz CT molecular complexity index is 1000. The Morgan fingerprint density at radius 3 is 1.00 bits per heavy atom. The highest BCUT2D eigenvalue weighted by Crippen LogP contribution is 2.15. The van der Waals surface area contributed by atoms with Gasteiger partial charge in [-0.15, -0.1) is 0 Å². The zero-order valence-corrected chi connectivity index (χ0v) is 39.3. The van der Waals surface area contributed by atoms with Crippen LogP contribution in [-0.2, 0) is 28.6 Å². The van der Waals surface area contributed by atoms with E-state index in [1.54, 1.807) is 0 Å². The Kier molecular flexibility index (Phi) is 46.4. The lowest BCUT2D eigenvalue weighted by molar-refractivity contribution is -0.167. The van der Waals surface area contributed by atoms with Gasteiger partial charge in [-0.25, -0.2) is 0 Å². The Hall–Kier alpha value is -2.37. The van der Waals surface area contributed by atoms with Crippen LogP contribution in [-0.4, -0.2) is 37.2 Å². The molecule has 0 aliphatic rings. The molecule has 0 rings (SSSR count). The first-order valence-corrected chi connectivity index (χ1v) is 25.5. The molecule has 0 N–H and O–H groups in total. The quantitative estimate of drug-likeness (QED) is 0.0263. The molecule has 1 atom stereocenters. The lowest BCUT2D eigenvalue weighted by Gasteiger charge is -2.18. The summed E-state index contributed by atoms with van der Waals surface area (Å²) >= 11 is 0. The molecule has 6 nitrogen and oxygen atoms in total. The maximum absolute atomic E-state index is 12.7. The van der Waals surface area contributed by atoms with E-state index >= 15 is 0 Å². The van der Waals surface area contributed by atoms with Gasteiger partial charge in [0.2, 0.25) is 0 Å². The van der Waals surface area contributed by atoms with Crippen molar-refractivity contribution in [3.63, 3.8) is 0 Å². The normalized spacial score (nSPS) is 12.3. The topological polar surface area (TPSA) is 78.9 Å². The molecule has 0 aromatic heterocycles. The van der Waals surface area contributed by atoms with Crippen molar-refractivity contribution in [2.75, 3.05) is 13.2 Å². The highest BCUT2D eigenvalue weighted by atomic mass is 16.6. The number of carbonyl (C=O) groups is 3. The van der Waals surface area contributed by atoms with Crippen LogP contribution in [0.15, 0.2) is 36.5 Å². The van der Waals surface area contributed by atoms with Crippen molar-refractivity contribution in [2.24, 2.45) is 0 Å². The minimum atomic E-state index is -0.773. The van der Waals surface area contributed by atoms with E-state index in [-0.39, 0.29) is 31.1 Å². The second-order valence-electron chi connectivity index (χ2n) is 17.1. The summed E-state index contributed by atoms with van der Waals surface area (Å²) in [4.78, 5) is 37.9. The Labute approximate surface area is 365 Å². The molecule has 0 heterocycles. The molecule has 0 saturated carbocycles. The highest BCUT2D eigenvalue weighted by molar-refractivity contribution is 5.71. The average Bonchev–Trinajstić information content (AvgIpc) is 3.23. The third-order valence-electron chi connectivity index (χ3n) is 11.1. The first kappa shape index (κ1) is 56.6. The summed E-state index contributed by atoms with van der Waals surface area (Å²) in [5, 5.41) is 0. The van der Waals surface area contributed by atoms with Gasteiger partial charge in [0.1, 0.15) is 13.2 Å². The van der Waals surface area contributed by atoms with E-state index in [1.165, 1.54) is 148 Å². The molecule has 0 amide bonds. The number of esters is 3. The monoisotopic (exact) mass is 829 g/mol. The molecule has 59 heavy (non-hydrogen) atoms. The van der Waals surface area contributed by atoms with Gasteiger partial charge < -0.3 is 14.2 Å². The summed E-state index contributed by atoms with van der Waals surface area (Å²) in [5.74, 6) is -0.885. The lowest BCUT2D eigenvalue weighted by atomic mass is 10.1. The van der Waals surface area contributed by atoms with Gasteiger partial charge in [0.25, 0.3) is 0 Å². The maximum atomic E-state index is 12.7. The number of hydrogen-bond acceptors (Lipinski definition) is 6. The molecule has 0 unspecified atom stereocenters. The van der Waals surface area contributed by atoms with Gasteiger partial charge in [0, 0.05) is 19.3 Å². The van der Waals surface area contributed by atoms with Crippen molar-refractivity contribution >= 4 is 17.9 Å². The minimum absolute atomic E-state index is 0.0764. The van der Waals surface area contributed by atoms with Crippen molar-refractivity contribution in [2.45, 2.75) is 271 Å². The molecular weight excluding hydrogens is 733 g/mol. The Morgan fingerprint density at radius 1 is 0.339 bits per heavy atom. The molecular formula is C53H96O6. The molecule has 0 saturated heterocycles. The molecule has 0 radical (unpaired) electrons. The van der Waals surface area contributed by atoms with Gasteiger partial charge >= 0.3 is 17.9 Å². The first-order valence-electron chi connectivity index (χ1n) is 25.5. The molecule has 0 aromatic rings. The van der Waals surface area contributed by atoms with Crippen LogP contribution in [0.5, 0.6) is 0 Å². The van der Waals surface area contributed by atoms with Crippen molar-refractivity contribution < 1.29 is 28.6 Å². The maximum Gasteiger partial charge on any atom is 0.306 e. The summed E-state index contributed by atoms with van der Waals surface area (Å²) in [6.07, 6.45) is 55.5. The fourth-order valence-corrected chi connectivity index (χ4v) is 7.23. The summed E-state index contributed by atoms with van der Waals surface area (Å²) < 4.78 is 16.8. The predicted molar refractivity (Wildman–Crippen MR) is 252 cm³/mol. The van der Waals surface area contributed by atoms with Crippen molar-refractivity contribution in [3.8, 4) is 0 Å². The molecule has 0 aliphatic carbocycles. The zero-order valence-electron chi connectivity index (χ0n) is 39.3. The van der Waals surface area contributed by atoms with Crippen LogP contribution < -0.4 is 0 Å². The highest BCUT2D eigenvalue weighted by Gasteiger charge is 2.19. The fourth-order valence-electron chi connectivity index (χ4n) is 7.23. The smallest absolute Gasteiger partial charge is 0.306 e. The standard InChI is InChI=1S/C53H96O6/c1-4-7-10-13-16-19-22-24-25-26-27-29-32-34-37-40-43-46-52(55)58-49-50(59-53(56)47-44-41-38-35-30-21-18-15-12-9-6-3)48-57-51(54)45-42-39-36-33-31-28-23-20-17-14-11-8-5-2/h16,19-20,23-25,50H,4-15,17-18,21-22,26-49H2,1-3H3/b19-16-,23-20-,25-24-/t50-/m0/s1. The third kappa shape index (κ3) is 46.5. The van der Waals surface area contributed by atoms with E-state index < -0.39 is 6.10 Å². The van der Waals surface area contributed by atoms with Gasteiger partial charge in [0.15, 0.2) is 6.10 Å². The second-order valence-corrected chi connectivity index (χ2v) is 17.1. The number of unbranched alkanes of at least 4 members (excludes halogenated alkanes) is 29. The van der Waals surface area contributed by atoms with Gasteiger partial charge in [0.05, 0.1) is 0 Å². The third-order valence-corrected chi connectivity index (χ3v) is 11.1. The number of ether oxygens (including phenoxy) is 3.